The van der Waals surface area contributed by atoms with Crippen LogP contribution in [-0.4, -0.2) is 22.7 Å². The molecule has 0 unspecified atom stereocenters. The van der Waals surface area contributed by atoms with Crippen molar-refractivity contribution in [3.63, 3.8) is 0 Å². The van der Waals surface area contributed by atoms with E-state index in [0.29, 0.717) is 28.1 Å². The van der Waals surface area contributed by atoms with E-state index in [2.05, 4.69) is 35.4 Å². The molecule has 0 fully saturated rings. The molecule has 3 aromatic rings. The summed E-state index contributed by atoms with van der Waals surface area (Å²) in [6.07, 6.45) is 0. The van der Waals surface area contributed by atoms with Crippen LogP contribution in [0.1, 0.15) is 36.5 Å². The van der Waals surface area contributed by atoms with Crippen LogP contribution in [0.4, 0.5) is 5.13 Å². The minimum absolute atomic E-state index is 0.0890. The molecule has 8 heteroatoms. The highest BCUT2D eigenvalue weighted by molar-refractivity contribution is 8.00. The average Bonchev–Trinajstić information content (AvgIpc) is 3.18. The molecule has 0 aliphatic rings. The number of nitrogens with one attached hydrogen (secondary N) is 1. The SMILES string of the molecule is CC(C)c1ccc(OCC(=O)Nc2nnc(SCc3ccc(C#N)cc3)s2)cc1. The number of aromatic nitrogens is 2. The van der Waals surface area contributed by atoms with E-state index in [1.165, 1.54) is 28.7 Å². The number of nitrogens with zero attached hydrogens (tertiary/aromatic N) is 3. The second-order valence-electron chi connectivity index (χ2n) is 6.53. The van der Waals surface area contributed by atoms with E-state index in [1.807, 2.05) is 36.4 Å². The van der Waals surface area contributed by atoms with Crippen molar-refractivity contribution in [2.45, 2.75) is 29.9 Å². The molecule has 0 atom stereocenters. The van der Waals surface area contributed by atoms with Crippen molar-refractivity contribution in [3.05, 3.63) is 65.2 Å². The Bertz CT molecular complexity index is 993. The summed E-state index contributed by atoms with van der Waals surface area (Å²) in [5.41, 5.74) is 2.95. The molecule has 0 saturated heterocycles. The lowest BCUT2D eigenvalue weighted by Crippen LogP contribution is -2.20. The van der Waals surface area contributed by atoms with E-state index >= 15 is 0 Å². The van der Waals surface area contributed by atoms with Gasteiger partial charge in [0.05, 0.1) is 11.6 Å². The van der Waals surface area contributed by atoms with Crippen LogP contribution in [0.3, 0.4) is 0 Å². The molecule has 1 N–H and O–H groups in total. The number of nitriles is 1. The minimum Gasteiger partial charge on any atom is -0.484 e. The van der Waals surface area contributed by atoms with Crippen LogP contribution in [0.15, 0.2) is 52.9 Å². The van der Waals surface area contributed by atoms with Gasteiger partial charge in [0.15, 0.2) is 10.9 Å². The number of carbonyl (C=O) groups excluding carboxylic acids is 1. The zero-order chi connectivity index (χ0) is 20.6. The van der Waals surface area contributed by atoms with Gasteiger partial charge in [0.25, 0.3) is 5.91 Å². The fourth-order valence-corrected chi connectivity index (χ4v) is 4.12. The molecule has 29 heavy (non-hydrogen) atoms. The van der Waals surface area contributed by atoms with Crippen molar-refractivity contribution in [2.24, 2.45) is 0 Å². The maximum atomic E-state index is 12.1. The number of anilines is 1. The molecule has 3 rings (SSSR count). The van der Waals surface area contributed by atoms with Crippen LogP contribution in [0.25, 0.3) is 0 Å². The molecule has 6 nitrogen and oxygen atoms in total. The van der Waals surface area contributed by atoms with Crippen molar-refractivity contribution in [2.75, 3.05) is 11.9 Å². The quantitative estimate of drug-likeness (QED) is 0.411. The molecule has 0 saturated carbocycles. The number of ether oxygens (including phenoxy) is 1. The molecule has 2 aromatic carbocycles. The Labute approximate surface area is 177 Å². The first-order valence-electron chi connectivity index (χ1n) is 9.01. The summed E-state index contributed by atoms with van der Waals surface area (Å²) in [6, 6.07) is 17.2. The van der Waals surface area contributed by atoms with Gasteiger partial charge in [0.2, 0.25) is 5.13 Å². The summed E-state index contributed by atoms with van der Waals surface area (Å²) in [5.74, 6) is 1.54. The highest BCUT2D eigenvalue weighted by atomic mass is 32.2. The lowest BCUT2D eigenvalue weighted by Gasteiger charge is -2.08. The lowest BCUT2D eigenvalue weighted by molar-refractivity contribution is -0.118. The van der Waals surface area contributed by atoms with Crippen LogP contribution in [0, 0.1) is 11.3 Å². The molecule has 1 aromatic heterocycles. The van der Waals surface area contributed by atoms with E-state index in [4.69, 9.17) is 10.00 Å². The molecule has 0 aliphatic carbocycles. The van der Waals surface area contributed by atoms with E-state index in [9.17, 15) is 4.79 Å². The molecular weight excluding hydrogens is 404 g/mol. The highest BCUT2D eigenvalue weighted by Gasteiger charge is 2.10. The fraction of sp³-hybridized carbons (Fsp3) is 0.238. The van der Waals surface area contributed by atoms with E-state index in [1.54, 1.807) is 12.1 Å². The number of thioether (sulfide) groups is 1. The Morgan fingerprint density at radius 2 is 1.90 bits per heavy atom. The van der Waals surface area contributed by atoms with Gasteiger partial charge in [-0.2, -0.15) is 5.26 Å². The third kappa shape index (κ3) is 6.31. The second kappa shape index (κ2) is 10.0. The zero-order valence-corrected chi connectivity index (χ0v) is 17.7. The van der Waals surface area contributed by atoms with Gasteiger partial charge in [-0.05, 0) is 41.3 Å². The van der Waals surface area contributed by atoms with Crippen molar-refractivity contribution in [3.8, 4) is 11.8 Å². The van der Waals surface area contributed by atoms with Crippen molar-refractivity contribution < 1.29 is 9.53 Å². The number of carbonyl (C=O) groups is 1. The summed E-state index contributed by atoms with van der Waals surface area (Å²) in [6.45, 7) is 4.17. The average molecular weight is 425 g/mol. The van der Waals surface area contributed by atoms with Crippen LogP contribution < -0.4 is 10.1 Å². The van der Waals surface area contributed by atoms with Gasteiger partial charge < -0.3 is 4.74 Å². The Morgan fingerprint density at radius 3 is 2.55 bits per heavy atom. The summed E-state index contributed by atoms with van der Waals surface area (Å²) >= 11 is 2.84. The van der Waals surface area contributed by atoms with E-state index < -0.39 is 0 Å². The smallest absolute Gasteiger partial charge is 0.264 e. The fourth-order valence-electron chi connectivity index (χ4n) is 2.39. The Balaban J connectivity index is 1.45. The van der Waals surface area contributed by atoms with Crippen LogP contribution in [0.2, 0.25) is 0 Å². The third-order valence-electron chi connectivity index (χ3n) is 4.01. The highest BCUT2D eigenvalue weighted by Crippen LogP contribution is 2.28. The van der Waals surface area contributed by atoms with Gasteiger partial charge in [0.1, 0.15) is 5.75 Å². The predicted octanol–water partition coefficient (Wildman–Crippen LogP) is 4.84. The van der Waals surface area contributed by atoms with Crippen LogP contribution in [-0.2, 0) is 10.5 Å². The van der Waals surface area contributed by atoms with E-state index in [-0.39, 0.29) is 12.5 Å². The van der Waals surface area contributed by atoms with Gasteiger partial charge >= 0.3 is 0 Å². The number of hydrogen-bond acceptors (Lipinski definition) is 7. The summed E-state index contributed by atoms with van der Waals surface area (Å²) in [7, 11) is 0. The molecule has 1 amide bonds. The molecule has 0 radical (unpaired) electrons. The maximum Gasteiger partial charge on any atom is 0.264 e. The molecule has 0 spiro atoms. The zero-order valence-electron chi connectivity index (χ0n) is 16.1. The summed E-state index contributed by atoms with van der Waals surface area (Å²) in [4.78, 5) is 12.1. The lowest BCUT2D eigenvalue weighted by atomic mass is 10.0. The van der Waals surface area contributed by atoms with Gasteiger partial charge in [-0.25, -0.2) is 0 Å². The van der Waals surface area contributed by atoms with Crippen LogP contribution >= 0.6 is 23.1 Å². The van der Waals surface area contributed by atoms with Crippen molar-refractivity contribution in [1.82, 2.24) is 10.2 Å². The first-order chi connectivity index (χ1) is 14.0. The summed E-state index contributed by atoms with van der Waals surface area (Å²) < 4.78 is 6.28. The van der Waals surface area contributed by atoms with Gasteiger partial charge in [0, 0.05) is 5.75 Å². The number of benzene rings is 2. The Hall–Kier alpha value is -2.89. The largest absolute Gasteiger partial charge is 0.484 e. The van der Waals surface area contributed by atoms with Gasteiger partial charge in [-0.15, -0.1) is 10.2 Å². The molecule has 1 heterocycles. The molecule has 148 valence electrons. The number of hydrogen-bond donors (Lipinski definition) is 1. The predicted molar refractivity (Wildman–Crippen MR) is 115 cm³/mol. The van der Waals surface area contributed by atoms with Crippen LogP contribution in [0.5, 0.6) is 5.75 Å². The first-order valence-corrected chi connectivity index (χ1v) is 10.8. The molecular formula is C21H20N4O2S2. The minimum atomic E-state index is -0.280. The van der Waals surface area contributed by atoms with E-state index in [0.717, 1.165) is 9.90 Å². The topological polar surface area (TPSA) is 87.9 Å². The third-order valence-corrected chi connectivity index (χ3v) is 6.06. The van der Waals surface area contributed by atoms with Crippen molar-refractivity contribution in [1.29, 1.82) is 5.26 Å². The normalized spacial score (nSPS) is 10.6. The number of rotatable bonds is 8. The van der Waals surface area contributed by atoms with Gasteiger partial charge in [-0.1, -0.05) is 61.2 Å². The molecule has 0 aliphatic heterocycles. The first kappa shape index (κ1) is 20.8. The van der Waals surface area contributed by atoms with Gasteiger partial charge in [-0.3, -0.25) is 10.1 Å². The summed E-state index contributed by atoms with van der Waals surface area (Å²) in [5, 5.41) is 20.1. The van der Waals surface area contributed by atoms with Crippen molar-refractivity contribution >= 4 is 34.1 Å². The second-order valence-corrected chi connectivity index (χ2v) is 8.73. The standard InChI is InChI=1S/C21H20N4O2S2/c1-14(2)17-7-9-18(10-8-17)27-12-19(26)23-20-24-25-21(29-20)28-13-16-5-3-15(11-22)4-6-16/h3-10,14H,12-13H2,1-2H3,(H,23,24,26). The molecule has 0 bridgehead atoms. The Kier molecular flexibility index (Phi) is 7.22. The number of amides is 1. The Morgan fingerprint density at radius 1 is 1.17 bits per heavy atom. The maximum absolute atomic E-state index is 12.1. The monoisotopic (exact) mass is 424 g/mol.